The Balaban J connectivity index is 2.03. The maximum Gasteiger partial charge on any atom is 0.0728 e. The highest BCUT2D eigenvalue weighted by molar-refractivity contribution is 5.05. The Morgan fingerprint density at radius 2 is 1.70 bits per heavy atom. The van der Waals surface area contributed by atoms with Gasteiger partial charge in [0.1, 0.15) is 0 Å². The normalized spacial score (nSPS) is 32.7. The maximum atomic E-state index is 11.2. The zero-order valence-electron chi connectivity index (χ0n) is 14.2. The Bertz CT molecular complexity index is 341. The molecule has 0 spiro atoms. The second kappa shape index (κ2) is 5.26. The summed E-state index contributed by atoms with van der Waals surface area (Å²) in [5.41, 5.74) is -0.887. The van der Waals surface area contributed by atoms with Crippen LogP contribution in [0.2, 0.25) is 0 Å². The van der Waals surface area contributed by atoms with E-state index in [1.54, 1.807) is 0 Å². The molecule has 1 atom stereocenters. The van der Waals surface area contributed by atoms with Gasteiger partial charge in [-0.05, 0) is 52.9 Å². The van der Waals surface area contributed by atoms with Gasteiger partial charge < -0.3 is 14.7 Å². The average molecular weight is 283 g/mol. The number of piperidine rings is 1. The summed E-state index contributed by atoms with van der Waals surface area (Å²) >= 11 is 0. The summed E-state index contributed by atoms with van der Waals surface area (Å²) in [6.07, 6.45) is 2.72. The van der Waals surface area contributed by atoms with Crippen molar-refractivity contribution < 1.29 is 9.84 Å². The van der Waals surface area contributed by atoms with Crippen molar-refractivity contribution in [3.63, 3.8) is 0 Å². The molecule has 2 saturated heterocycles. The second-order valence-corrected chi connectivity index (χ2v) is 8.52. The number of aliphatic hydroxyl groups is 1. The van der Waals surface area contributed by atoms with E-state index in [4.69, 9.17) is 4.74 Å². The molecule has 20 heavy (non-hydrogen) atoms. The highest BCUT2D eigenvalue weighted by atomic mass is 16.5. The smallest absolute Gasteiger partial charge is 0.0728 e. The van der Waals surface area contributed by atoms with E-state index in [1.807, 2.05) is 0 Å². The lowest BCUT2D eigenvalue weighted by Gasteiger charge is -2.45. The first-order valence-corrected chi connectivity index (χ1v) is 8.19. The fourth-order valence-corrected chi connectivity index (χ4v) is 4.39. The van der Waals surface area contributed by atoms with E-state index in [2.05, 4.69) is 46.4 Å². The van der Waals surface area contributed by atoms with Crippen LogP contribution in [0.3, 0.4) is 0 Å². The van der Waals surface area contributed by atoms with Crippen LogP contribution in [-0.4, -0.2) is 46.4 Å². The Morgan fingerprint density at radius 3 is 2.10 bits per heavy atom. The summed E-state index contributed by atoms with van der Waals surface area (Å²) in [7, 11) is 0. The van der Waals surface area contributed by atoms with E-state index >= 15 is 0 Å². The van der Waals surface area contributed by atoms with Crippen LogP contribution in [0.15, 0.2) is 0 Å². The molecular weight excluding hydrogens is 250 g/mol. The molecule has 0 aromatic heterocycles. The zero-order valence-corrected chi connectivity index (χ0v) is 14.2. The van der Waals surface area contributed by atoms with E-state index in [0.29, 0.717) is 5.92 Å². The third kappa shape index (κ3) is 3.37. The quantitative estimate of drug-likeness (QED) is 0.864. The number of nitrogens with zero attached hydrogens (tertiary/aromatic N) is 1. The van der Waals surface area contributed by atoms with Gasteiger partial charge in [-0.3, -0.25) is 0 Å². The minimum atomic E-state index is -0.551. The molecule has 1 N–H and O–H groups in total. The van der Waals surface area contributed by atoms with Crippen molar-refractivity contribution in [1.82, 2.24) is 4.90 Å². The fraction of sp³-hybridized carbons (Fsp3) is 1.00. The maximum absolute atomic E-state index is 11.2. The highest BCUT2D eigenvalue weighted by Crippen LogP contribution is 2.49. The summed E-state index contributed by atoms with van der Waals surface area (Å²) in [5, 5.41) is 11.2. The standard InChI is InChI=1S/C17H33NO2/c1-13(2)12-18-9-7-17(19,8-10-18)14-11-15(3,4)20-16(14,5)6/h13-14,19H,7-12H2,1-6H3. The zero-order chi connectivity index (χ0) is 15.2. The first kappa shape index (κ1) is 16.3. The monoisotopic (exact) mass is 283 g/mol. The number of hydrogen-bond donors (Lipinski definition) is 1. The Kier molecular flexibility index (Phi) is 4.27. The van der Waals surface area contributed by atoms with Gasteiger partial charge in [-0.15, -0.1) is 0 Å². The molecule has 3 nitrogen and oxygen atoms in total. The largest absolute Gasteiger partial charge is 0.389 e. The lowest BCUT2D eigenvalue weighted by Crippen LogP contribution is -2.53. The molecule has 2 heterocycles. The van der Waals surface area contributed by atoms with Gasteiger partial charge >= 0.3 is 0 Å². The summed E-state index contributed by atoms with van der Waals surface area (Å²) in [6.45, 7) is 16.3. The molecule has 0 radical (unpaired) electrons. The first-order valence-electron chi connectivity index (χ1n) is 8.19. The number of hydrogen-bond acceptors (Lipinski definition) is 3. The molecule has 2 aliphatic rings. The van der Waals surface area contributed by atoms with Crippen LogP contribution in [0.1, 0.15) is 60.8 Å². The van der Waals surface area contributed by atoms with Crippen molar-refractivity contribution in [2.45, 2.75) is 77.6 Å². The number of ether oxygens (including phenoxy) is 1. The minimum Gasteiger partial charge on any atom is -0.389 e. The van der Waals surface area contributed by atoms with Crippen molar-refractivity contribution in [2.24, 2.45) is 11.8 Å². The molecule has 0 saturated carbocycles. The lowest BCUT2D eigenvalue weighted by molar-refractivity contribution is -0.130. The Hall–Kier alpha value is -0.120. The molecule has 2 aliphatic heterocycles. The second-order valence-electron chi connectivity index (χ2n) is 8.52. The topological polar surface area (TPSA) is 32.7 Å². The van der Waals surface area contributed by atoms with E-state index in [1.165, 1.54) is 0 Å². The van der Waals surface area contributed by atoms with Crippen LogP contribution in [0.25, 0.3) is 0 Å². The van der Waals surface area contributed by atoms with Crippen LogP contribution in [0, 0.1) is 11.8 Å². The fourth-order valence-electron chi connectivity index (χ4n) is 4.39. The van der Waals surface area contributed by atoms with Crippen molar-refractivity contribution in [3.8, 4) is 0 Å². The molecule has 0 aromatic rings. The summed E-state index contributed by atoms with van der Waals surface area (Å²) in [6, 6.07) is 0. The van der Waals surface area contributed by atoms with Crippen molar-refractivity contribution in [1.29, 1.82) is 0 Å². The van der Waals surface area contributed by atoms with E-state index in [-0.39, 0.29) is 17.1 Å². The van der Waals surface area contributed by atoms with E-state index in [0.717, 1.165) is 38.9 Å². The molecule has 0 aromatic carbocycles. The van der Waals surface area contributed by atoms with Crippen molar-refractivity contribution in [2.75, 3.05) is 19.6 Å². The number of likely N-dealkylation sites (tertiary alicyclic amines) is 1. The molecule has 0 bridgehead atoms. The third-order valence-electron chi connectivity index (χ3n) is 5.07. The lowest BCUT2D eigenvalue weighted by atomic mass is 9.70. The van der Waals surface area contributed by atoms with E-state index < -0.39 is 5.60 Å². The van der Waals surface area contributed by atoms with Crippen LogP contribution >= 0.6 is 0 Å². The molecule has 1 unspecified atom stereocenters. The SMILES string of the molecule is CC(C)CN1CCC(O)(C2CC(C)(C)OC2(C)C)CC1. The summed E-state index contributed by atoms with van der Waals surface area (Å²) in [5.74, 6) is 0.942. The molecule has 118 valence electrons. The van der Waals surface area contributed by atoms with Gasteiger partial charge in [0.05, 0.1) is 16.8 Å². The highest BCUT2D eigenvalue weighted by Gasteiger charge is 2.55. The van der Waals surface area contributed by atoms with Crippen molar-refractivity contribution >= 4 is 0 Å². The molecule has 0 amide bonds. The van der Waals surface area contributed by atoms with Gasteiger partial charge in [0.2, 0.25) is 0 Å². The summed E-state index contributed by atoms with van der Waals surface area (Å²) in [4.78, 5) is 2.49. The predicted molar refractivity (Wildman–Crippen MR) is 82.8 cm³/mol. The molecular formula is C17H33NO2. The Morgan fingerprint density at radius 1 is 1.15 bits per heavy atom. The van der Waals surface area contributed by atoms with Crippen LogP contribution in [-0.2, 0) is 4.74 Å². The van der Waals surface area contributed by atoms with Gasteiger partial charge in [-0.2, -0.15) is 0 Å². The number of rotatable bonds is 3. The first-order chi connectivity index (χ1) is 9.04. The van der Waals surface area contributed by atoms with Gasteiger partial charge in [0.25, 0.3) is 0 Å². The van der Waals surface area contributed by atoms with Gasteiger partial charge in [0.15, 0.2) is 0 Å². The van der Waals surface area contributed by atoms with E-state index in [9.17, 15) is 5.11 Å². The Labute approximate surface area is 124 Å². The minimum absolute atomic E-state index is 0.112. The van der Waals surface area contributed by atoms with Crippen LogP contribution in [0.4, 0.5) is 0 Å². The van der Waals surface area contributed by atoms with Gasteiger partial charge in [-0.25, -0.2) is 0 Å². The summed E-state index contributed by atoms with van der Waals surface area (Å²) < 4.78 is 6.18. The molecule has 2 rings (SSSR count). The predicted octanol–water partition coefficient (Wildman–Crippen LogP) is 3.06. The van der Waals surface area contributed by atoms with Crippen molar-refractivity contribution in [3.05, 3.63) is 0 Å². The van der Waals surface area contributed by atoms with Gasteiger partial charge in [0, 0.05) is 25.6 Å². The molecule has 3 heteroatoms. The third-order valence-corrected chi connectivity index (χ3v) is 5.07. The molecule has 0 aliphatic carbocycles. The van der Waals surface area contributed by atoms with Crippen LogP contribution < -0.4 is 0 Å². The average Bonchev–Trinajstić information content (AvgIpc) is 2.50. The molecule has 2 fully saturated rings. The van der Waals surface area contributed by atoms with Gasteiger partial charge in [-0.1, -0.05) is 13.8 Å². The van der Waals surface area contributed by atoms with Crippen LogP contribution in [0.5, 0.6) is 0 Å².